The van der Waals surface area contributed by atoms with Crippen molar-refractivity contribution in [2.45, 2.75) is 36.9 Å². The van der Waals surface area contributed by atoms with Gasteiger partial charge in [0.2, 0.25) is 0 Å². The number of benzene rings is 2. The number of carbonyl (C=O) groups excluding carboxylic acids is 2. The third-order valence-electron chi connectivity index (χ3n) is 3.47. The molecule has 0 aliphatic carbocycles. The second-order valence-corrected chi connectivity index (χ2v) is 7.26. The van der Waals surface area contributed by atoms with Gasteiger partial charge >= 0.3 is 11.9 Å². The first-order valence-corrected chi connectivity index (χ1v) is 9.18. The minimum absolute atomic E-state index is 0.205. The third kappa shape index (κ3) is 6.79. The Hall–Kier alpha value is -2.79. The van der Waals surface area contributed by atoms with Crippen LogP contribution in [-0.4, -0.2) is 11.9 Å². The largest absolute Gasteiger partial charge is 0.457 e. The van der Waals surface area contributed by atoms with Gasteiger partial charge in [-0.3, -0.25) is 0 Å². The Balaban J connectivity index is 2.00. The van der Waals surface area contributed by atoms with Crippen LogP contribution in [0.15, 0.2) is 82.6 Å². The molecule has 2 rings (SSSR count). The van der Waals surface area contributed by atoms with Gasteiger partial charge in [-0.25, -0.2) is 9.59 Å². The van der Waals surface area contributed by atoms with E-state index in [9.17, 15) is 9.59 Å². The Morgan fingerprint density at radius 1 is 0.815 bits per heavy atom. The van der Waals surface area contributed by atoms with Gasteiger partial charge in [0.1, 0.15) is 13.2 Å². The molecule has 0 N–H and O–H groups in total. The minimum Gasteiger partial charge on any atom is -0.457 e. The van der Waals surface area contributed by atoms with Gasteiger partial charge in [-0.05, 0) is 49.2 Å². The normalized spacial score (nSPS) is 10.1. The second-order valence-electron chi connectivity index (χ2n) is 6.11. The lowest BCUT2D eigenvalue weighted by molar-refractivity contribution is -0.141. The van der Waals surface area contributed by atoms with Crippen LogP contribution in [-0.2, 0) is 32.3 Å². The molecule has 2 aromatic carbocycles. The Labute approximate surface area is 163 Å². The van der Waals surface area contributed by atoms with Crippen molar-refractivity contribution < 1.29 is 19.1 Å². The second kappa shape index (κ2) is 9.78. The highest BCUT2D eigenvalue weighted by molar-refractivity contribution is 7.99. The zero-order valence-electron chi connectivity index (χ0n) is 15.5. The van der Waals surface area contributed by atoms with E-state index in [1.807, 2.05) is 48.5 Å². The third-order valence-corrected chi connectivity index (χ3v) is 4.45. The summed E-state index contributed by atoms with van der Waals surface area (Å²) in [7, 11) is 0. The lowest BCUT2D eigenvalue weighted by atomic mass is 10.2. The molecular formula is C22H22O4S. The van der Waals surface area contributed by atoms with E-state index in [-0.39, 0.29) is 13.2 Å². The summed E-state index contributed by atoms with van der Waals surface area (Å²) in [6, 6.07) is 15.6. The summed E-state index contributed by atoms with van der Waals surface area (Å²) >= 11 is 1.58. The highest BCUT2D eigenvalue weighted by Crippen LogP contribution is 2.29. The van der Waals surface area contributed by atoms with Crippen molar-refractivity contribution in [3.63, 3.8) is 0 Å². The summed E-state index contributed by atoms with van der Waals surface area (Å²) in [4.78, 5) is 25.1. The standard InChI is InChI=1S/C22H22O4S/c1-15(2)21(23)25-13-17-7-5-9-19(11-17)27-20-10-6-8-18(12-20)14-26-22(24)16(3)4/h5-12H,1,3,13-14H2,2,4H3. The Morgan fingerprint density at radius 3 is 1.59 bits per heavy atom. The quantitative estimate of drug-likeness (QED) is 0.471. The van der Waals surface area contributed by atoms with Gasteiger partial charge in [0.05, 0.1) is 0 Å². The molecular weight excluding hydrogens is 360 g/mol. The summed E-state index contributed by atoms with van der Waals surface area (Å²) in [5.74, 6) is -0.796. The molecule has 4 nitrogen and oxygen atoms in total. The highest BCUT2D eigenvalue weighted by Gasteiger charge is 2.07. The molecule has 0 aliphatic heterocycles. The van der Waals surface area contributed by atoms with Crippen molar-refractivity contribution in [1.82, 2.24) is 0 Å². The van der Waals surface area contributed by atoms with Gasteiger partial charge < -0.3 is 9.47 Å². The van der Waals surface area contributed by atoms with Crippen LogP contribution in [0, 0.1) is 0 Å². The van der Waals surface area contributed by atoms with Gasteiger partial charge in [0.25, 0.3) is 0 Å². The maximum Gasteiger partial charge on any atom is 0.333 e. The molecule has 140 valence electrons. The highest BCUT2D eigenvalue weighted by atomic mass is 32.2. The van der Waals surface area contributed by atoms with Crippen LogP contribution in [0.2, 0.25) is 0 Å². The van der Waals surface area contributed by atoms with E-state index in [0.29, 0.717) is 11.1 Å². The Morgan fingerprint density at radius 2 is 1.22 bits per heavy atom. The van der Waals surface area contributed by atoms with E-state index in [1.54, 1.807) is 25.6 Å². The van der Waals surface area contributed by atoms with Crippen LogP contribution < -0.4 is 0 Å². The fourth-order valence-corrected chi connectivity index (χ4v) is 3.06. The molecule has 0 amide bonds. The lowest BCUT2D eigenvalue weighted by Crippen LogP contribution is -2.04. The van der Waals surface area contributed by atoms with Gasteiger partial charge in [0, 0.05) is 20.9 Å². The number of esters is 2. The maximum atomic E-state index is 11.5. The molecule has 0 spiro atoms. The molecule has 0 saturated heterocycles. The molecule has 0 aliphatic rings. The van der Waals surface area contributed by atoms with Crippen LogP contribution in [0.5, 0.6) is 0 Å². The van der Waals surface area contributed by atoms with Gasteiger partial charge in [0.15, 0.2) is 0 Å². The first kappa shape index (κ1) is 20.5. The molecule has 27 heavy (non-hydrogen) atoms. The number of hydrogen-bond acceptors (Lipinski definition) is 5. The number of rotatable bonds is 8. The first-order valence-electron chi connectivity index (χ1n) is 8.36. The molecule has 5 heteroatoms. The lowest BCUT2D eigenvalue weighted by Gasteiger charge is -2.08. The molecule has 0 bridgehead atoms. The number of carbonyl (C=O) groups is 2. The fraction of sp³-hybridized carbons (Fsp3) is 0.182. The molecule has 0 aromatic heterocycles. The molecule has 0 saturated carbocycles. The summed E-state index contributed by atoms with van der Waals surface area (Å²) in [6.07, 6.45) is 0. The molecule has 0 atom stereocenters. The van der Waals surface area contributed by atoms with E-state index >= 15 is 0 Å². The summed E-state index contributed by atoms with van der Waals surface area (Å²) in [5.41, 5.74) is 2.57. The molecule has 2 aromatic rings. The molecule has 0 fully saturated rings. The first-order chi connectivity index (χ1) is 12.8. The van der Waals surface area contributed by atoms with E-state index in [1.165, 1.54) is 0 Å². The van der Waals surface area contributed by atoms with E-state index < -0.39 is 11.9 Å². The summed E-state index contributed by atoms with van der Waals surface area (Å²) in [5, 5.41) is 0. The maximum absolute atomic E-state index is 11.5. The zero-order chi connectivity index (χ0) is 19.8. The predicted molar refractivity (Wildman–Crippen MR) is 106 cm³/mol. The summed E-state index contributed by atoms with van der Waals surface area (Å²) in [6.45, 7) is 10.8. The molecule has 0 heterocycles. The van der Waals surface area contributed by atoms with E-state index in [4.69, 9.17) is 9.47 Å². The average molecular weight is 382 g/mol. The van der Waals surface area contributed by atoms with Crippen molar-refractivity contribution in [3.05, 3.63) is 84.0 Å². The Bertz CT molecular complexity index is 799. The van der Waals surface area contributed by atoms with E-state index in [2.05, 4.69) is 13.2 Å². The average Bonchev–Trinajstić information content (AvgIpc) is 2.64. The van der Waals surface area contributed by atoms with Crippen LogP contribution >= 0.6 is 11.8 Å². The Kier molecular flexibility index (Phi) is 7.44. The number of hydrogen-bond donors (Lipinski definition) is 0. The topological polar surface area (TPSA) is 52.6 Å². The van der Waals surface area contributed by atoms with E-state index in [0.717, 1.165) is 20.9 Å². The molecule has 0 radical (unpaired) electrons. The zero-order valence-corrected chi connectivity index (χ0v) is 16.3. The van der Waals surface area contributed by atoms with Gasteiger partial charge in [-0.15, -0.1) is 0 Å². The van der Waals surface area contributed by atoms with Crippen LogP contribution in [0.1, 0.15) is 25.0 Å². The van der Waals surface area contributed by atoms with Crippen molar-refractivity contribution in [2.75, 3.05) is 0 Å². The monoisotopic (exact) mass is 382 g/mol. The van der Waals surface area contributed by atoms with Crippen molar-refractivity contribution >= 4 is 23.7 Å². The van der Waals surface area contributed by atoms with Crippen LogP contribution in [0.25, 0.3) is 0 Å². The molecule has 0 unspecified atom stereocenters. The predicted octanol–water partition coefficient (Wildman–Crippen LogP) is 5.08. The van der Waals surface area contributed by atoms with Crippen molar-refractivity contribution in [2.24, 2.45) is 0 Å². The van der Waals surface area contributed by atoms with Gasteiger partial charge in [-0.2, -0.15) is 0 Å². The summed E-state index contributed by atoms with van der Waals surface area (Å²) < 4.78 is 10.4. The van der Waals surface area contributed by atoms with Gasteiger partial charge in [-0.1, -0.05) is 49.2 Å². The minimum atomic E-state index is -0.398. The fourth-order valence-electron chi connectivity index (χ4n) is 2.08. The SMILES string of the molecule is C=C(C)C(=O)OCc1cccc(Sc2cccc(COC(=O)C(=C)C)c2)c1. The van der Waals surface area contributed by atoms with Crippen molar-refractivity contribution in [1.29, 1.82) is 0 Å². The van der Waals surface area contributed by atoms with Crippen molar-refractivity contribution in [3.8, 4) is 0 Å². The van der Waals surface area contributed by atoms with Crippen LogP contribution in [0.3, 0.4) is 0 Å². The number of ether oxygens (including phenoxy) is 2. The van der Waals surface area contributed by atoms with Crippen LogP contribution in [0.4, 0.5) is 0 Å². The smallest absolute Gasteiger partial charge is 0.333 e.